The van der Waals surface area contributed by atoms with E-state index in [1.807, 2.05) is 24.3 Å². The summed E-state index contributed by atoms with van der Waals surface area (Å²) >= 11 is 0. The van der Waals surface area contributed by atoms with E-state index in [1.54, 1.807) is 24.3 Å². The molecule has 0 radical (unpaired) electrons. The van der Waals surface area contributed by atoms with Gasteiger partial charge in [-0.15, -0.1) is 0 Å². The van der Waals surface area contributed by atoms with Gasteiger partial charge in [0.1, 0.15) is 23.2 Å². The number of nitrogens with two attached hydrogens (primary N) is 2. The Morgan fingerprint density at radius 3 is 1.17 bits per heavy atom. The third kappa shape index (κ3) is 21.1. The summed E-state index contributed by atoms with van der Waals surface area (Å²) < 4.78 is 63.1. The number of benzene rings is 2. The highest BCUT2D eigenvalue weighted by atomic mass is 32.2. The van der Waals surface area contributed by atoms with Gasteiger partial charge in [0.05, 0.1) is 25.7 Å². The van der Waals surface area contributed by atoms with Crippen LogP contribution >= 0.6 is 0 Å². The second-order valence-electron chi connectivity index (χ2n) is 7.10. The minimum Gasteiger partial charge on any atom is -0.494 e. The molecule has 0 aromatic heterocycles. The molecule has 0 unspecified atom stereocenters. The zero-order chi connectivity index (χ0) is 27.1. The van der Waals surface area contributed by atoms with Gasteiger partial charge in [-0.2, -0.15) is 16.8 Å². The monoisotopic (exact) mass is 532 g/mol. The molecule has 12 nitrogen and oxygen atoms in total. The van der Waals surface area contributed by atoms with Crippen molar-refractivity contribution < 1.29 is 35.4 Å². The second kappa shape index (κ2) is 15.7. The number of nitrogens with one attached hydrogen (secondary N) is 2. The molecule has 8 N–H and O–H groups in total. The lowest BCUT2D eigenvalue weighted by molar-refractivity contribution is 0.279. The van der Waals surface area contributed by atoms with Crippen molar-refractivity contribution in [1.82, 2.24) is 0 Å². The Hall–Kier alpha value is -3.20. The van der Waals surface area contributed by atoms with Gasteiger partial charge >= 0.3 is 0 Å². The van der Waals surface area contributed by atoms with Crippen LogP contribution in [-0.2, 0) is 20.2 Å². The first kappa shape index (κ1) is 31.8. The molecule has 0 aliphatic carbocycles. The highest BCUT2D eigenvalue weighted by Gasteiger charge is 2.00. The maximum absolute atomic E-state index is 9.19. The lowest BCUT2D eigenvalue weighted by atomic mass is 10.2. The number of ether oxygens (including phenoxy) is 2. The molecule has 0 saturated heterocycles. The molecule has 196 valence electrons. The van der Waals surface area contributed by atoms with Gasteiger partial charge in [-0.05, 0) is 67.8 Å². The number of hydrogen-bond donors (Lipinski definition) is 6. The SMILES string of the molecule is CS(=O)(=O)O.CS(=O)(=O)O.N=C(N)c1ccc(OCCCCCOc2ccc(C(=N)N)cc2)cc1. The van der Waals surface area contributed by atoms with E-state index in [0.29, 0.717) is 36.9 Å². The predicted molar refractivity (Wildman–Crippen MR) is 135 cm³/mol. The average molecular weight is 533 g/mol. The van der Waals surface area contributed by atoms with Crippen LogP contribution in [0.5, 0.6) is 11.5 Å². The lowest BCUT2D eigenvalue weighted by Crippen LogP contribution is -2.10. The molecular formula is C21H32N4O8S2. The van der Waals surface area contributed by atoms with E-state index >= 15 is 0 Å². The van der Waals surface area contributed by atoms with Gasteiger partial charge in [0.2, 0.25) is 0 Å². The molecule has 2 aromatic carbocycles. The topological polar surface area (TPSA) is 227 Å². The molecule has 35 heavy (non-hydrogen) atoms. The van der Waals surface area contributed by atoms with Gasteiger partial charge in [-0.1, -0.05) is 0 Å². The zero-order valence-electron chi connectivity index (χ0n) is 19.5. The van der Waals surface area contributed by atoms with Crippen molar-refractivity contribution in [2.24, 2.45) is 11.5 Å². The number of unbranched alkanes of at least 4 members (excludes halogenated alkanes) is 2. The van der Waals surface area contributed by atoms with E-state index in [0.717, 1.165) is 30.8 Å². The van der Waals surface area contributed by atoms with Crippen LogP contribution in [-0.4, -0.2) is 63.3 Å². The average Bonchev–Trinajstić information content (AvgIpc) is 2.71. The molecule has 0 atom stereocenters. The van der Waals surface area contributed by atoms with Crippen molar-refractivity contribution in [2.45, 2.75) is 19.3 Å². The van der Waals surface area contributed by atoms with E-state index in [4.69, 9.17) is 40.9 Å². The molecule has 14 heteroatoms. The van der Waals surface area contributed by atoms with Crippen molar-refractivity contribution >= 4 is 31.9 Å². The van der Waals surface area contributed by atoms with Gasteiger partial charge in [0.15, 0.2) is 0 Å². The highest BCUT2D eigenvalue weighted by Crippen LogP contribution is 2.14. The maximum atomic E-state index is 9.19. The molecule has 0 aliphatic rings. The summed E-state index contributed by atoms with van der Waals surface area (Å²) in [6.07, 6.45) is 4.33. The molecule has 0 amide bonds. The smallest absolute Gasteiger partial charge is 0.261 e. The van der Waals surface area contributed by atoms with Gasteiger partial charge < -0.3 is 20.9 Å². The minimum atomic E-state index is -3.67. The molecule has 0 bridgehead atoms. The van der Waals surface area contributed by atoms with Crippen LogP contribution in [0.25, 0.3) is 0 Å². The Morgan fingerprint density at radius 2 is 0.943 bits per heavy atom. The van der Waals surface area contributed by atoms with Crippen molar-refractivity contribution in [1.29, 1.82) is 10.8 Å². The van der Waals surface area contributed by atoms with Crippen molar-refractivity contribution in [3.8, 4) is 11.5 Å². The van der Waals surface area contributed by atoms with E-state index < -0.39 is 20.2 Å². The fraction of sp³-hybridized carbons (Fsp3) is 0.333. The summed E-state index contributed by atoms with van der Waals surface area (Å²) in [4.78, 5) is 0. The van der Waals surface area contributed by atoms with Crippen molar-refractivity contribution in [3.63, 3.8) is 0 Å². The Kier molecular flexibility index (Phi) is 14.2. The number of amidine groups is 2. The summed E-state index contributed by atoms with van der Waals surface area (Å²) in [5.41, 5.74) is 12.2. The zero-order valence-corrected chi connectivity index (χ0v) is 21.1. The largest absolute Gasteiger partial charge is 0.494 e. The summed E-state index contributed by atoms with van der Waals surface area (Å²) in [5.74, 6) is 1.68. The first-order valence-corrected chi connectivity index (χ1v) is 13.8. The molecule has 0 aliphatic heterocycles. The normalized spacial score (nSPS) is 10.6. The number of hydrogen-bond acceptors (Lipinski definition) is 8. The molecule has 0 heterocycles. The molecule has 0 saturated carbocycles. The van der Waals surface area contributed by atoms with E-state index in [2.05, 4.69) is 0 Å². The van der Waals surface area contributed by atoms with Crippen LogP contribution in [0.2, 0.25) is 0 Å². The molecule has 0 fully saturated rings. The third-order valence-corrected chi connectivity index (χ3v) is 3.66. The Labute approximate surface area is 205 Å². The molecular weight excluding hydrogens is 500 g/mol. The quantitative estimate of drug-likeness (QED) is 0.113. The van der Waals surface area contributed by atoms with Gasteiger partial charge in [0.25, 0.3) is 20.2 Å². The van der Waals surface area contributed by atoms with E-state index in [1.165, 1.54) is 0 Å². The fourth-order valence-corrected chi connectivity index (χ4v) is 2.22. The summed E-state index contributed by atoms with van der Waals surface area (Å²) in [7, 11) is -7.33. The molecule has 2 aromatic rings. The van der Waals surface area contributed by atoms with Crippen LogP contribution in [0.4, 0.5) is 0 Å². The minimum absolute atomic E-state index is 0.0579. The van der Waals surface area contributed by atoms with Crippen LogP contribution in [0.3, 0.4) is 0 Å². The summed E-state index contributed by atoms with van der Waals surface area (Å²) in [6, 6.07) is 14.4. The Morgan fingerprint density at radius 1 is 0.686 bits per heavy atom. The van der Waals surface area contributed by atoms with Crippen LogP contribution in [0, 0.1) is 10.8 Å². The van der Waals surface area contributed by atoms with Crippen LogP contribution < -0.4 is 20.9 Å². The van der Waals surface area contributed by atoms with Crippen molar-refractivity contribution in [2.75, 3.05) is 25.7 Å². The predicted octanol–water partition coefficient (Wildman–Crippen LogP) is 1.89. The van der Waals surface area contributed by atoms with Gasteiger partial charge in [-0.25, -0.2) is 0 Å². The maximum Gasteiger partial charge on any atom is 0.261 e. The van der Waals surface area contributed by atoms with Crippen LogP contribution in [0.15, 0.2) is 48.5 Å². The summed E-state index contributed by atoms with van der Waals surface area (Å²) in [6.45, 7) is 1.29. The first-order valence-electron chi connectivity index (χ1n) is 10.1. The number of nitrogen functional groups attached to an aromatic ring is 2. The fourth-order valence-electron chi connectivity index (χ4n) is 2.22. The first-order chi connectivity index (χ1) is 16.1. The van der Waals surface area contributed by atoms with Gasteiger partial charge in [0, 0.05) is 11.1 Å². The summed E-state index contributed by atoms with van der Waals surface area (Å²) in [5, 5.41) is 14.7. The van der Waals surface area contributed by atoms with Crippen molar-refractivity contribution in [3.05, 3.63) is 59.7 Å². The Balaban J connectivity index is 0.000000975. The van der Waals surface area contributed by atoms with Crippen LogP contribution in [0.1, 0.15) is 30.4 Å². The standard InChI is InChI=1S/C19H24N4O2.2CH4O3S/c20-18(21)14-4-8-16(9-5-14)24-12-2-1-3-13-25-17-10-6-15(7-11-17)19(22)23;2*1-5(2,3)4/h4-11H,1-3,12-13H2,(H3,20,21)(H3,22,23);2*1H3,(H,2,3,4). The second-order valence-corrected chi connectivity index (χ2v) is 10.0. The van der Waals surface area contributed by atoms with E-state index in [-0.39, 0.29) is 11.7 Å². The van der Waals surface area contributed by atoms with E-state index in [9.17, 15) is 16.8 Å². The third-order valence-electron chi connectivity index (χ3n) is 3.66. The Bertz CT molecular complexity index is 1030. The molecule has 0 spiro atoms. The number of rotatable bonds is 10. The lowest BCUT2D eigenvalue weighted by Gasteiger charge is -2.08. The molecule has 2 rings (SSSR count). The van der Waals surface area contributed by atoms with Gasteiger partial charge in [-0.3, -0.25) is 19.9 Å². The highest BCUT2D eigenvalue weighted by molar-refractivity contribution is 7.85.